The van der Waals surface area contributed by atoms with Crippen LogP contribution in [0, 0.1) is 17.7 Å². The Morgan fingerprint density at radius 1 is 1.31 bits per heavy atom. The molecule has 2 aliphatic heterocycles. The molecule has 1 amide bonds. The number of rotatable bonds is 6. The molecule has 35 heavy (non-hydrogen) atoms. The number of benzene rings is 1. The molecule has 3 aliphatic rings. The zero-order chi connectivity index (χ0) is 25.3. The molecule has 186 valence electrons. The van der Waals surface area contributed by atoms with Gasteiger partial charge in [-0.15, -0.1) is 0 Å². The lowest BCUT2D eigenvalue weighted by molar-refractivity contribution is -0.127. The van der Waals surface area contributed by atoms with E-state index in [0.29, 0.717) is 16.6 Å². The largest absolute Gasteiger partial charge is 0.339 e. The van der Waals surface area contributed by atoms with E-state index in [0.717, 1.165) is 56.6 Å². The number of allylic oxidation sites excluding steroid dienone is 4. The van der Waals surface area contributed by atoms with Gasteiger partial charge in [0.05, 0.1) is 55.0 Å². The number of likely N-dealkylation sites (tertiary alicyclic amines) is 1. The summed E-state index contributed by atoms with van der Waals surface area (Å²) in [6, 6.07) is 3.19. The van der Waals surface area contributed by atoms with Gasteiger partial charge in [0.1, 0.15) is 0 Å². The Balaban J connectivity index is 1.49. The lowest BCUT2D eigenvalue weighted by atomic mass is 9.80. The van der Waals surface area contributed by atoms with Crippen molar-refractivity contribution in [2.24, 2.45) is 16.8 Å². The maximum atomic E-state index is 15.0. The summed E-state index contributed by atoms with van der Waals surface area (Å²) in [5, 5.41) is 0.538. The van der Waals surface area contributed by atoms with Crippen LogP contribution in [0.3, 0.4) is 0 Å². The van der Waals surface area contributed by atoms with Crippen molar-refractivity contribution in [1.29, 1.82) is 0 Å². The Morgan fingerprint density at radius 3 is 2.71 bits per heavy atom. The van der Waals surface area contributed by atoms with Crippen molar-refractivity contribution >= 4 is 75.5 Å². The number of hydrogen-bond acceptors (Lipinski definition) is 3. The van der Waals surface area contributed by atoms with E-state index in [1.807, 2.05) is 4.90 Å². The van der Waals surface area contributed by atoms with E-state index in [-0.39, 0.29) is 21.9 Å². The fourth-order valence-corrected chi connectivity index (χ4v) is 6.62. The summed E-state index contributed by atoms with van der Waals surface area (Å²) < 4.78 is 16.7. The Labute approximate surface area is 234 Å². The Hall–Kier alpha value is -1.35. The van der Waals surface area contributed by atoms with Crippen molar-refractivity contribution in [1.82, 2.24) is 4.90 Å². The number of halogens is 5. The van der Waals surface area contributed by atoms with Gasteiger partial charge in [-0.05, 0) is 69.2 Å². The van der Waals surface area contributed by atoms with Crippen LogP contribution in [0.15, 0.2) is 63.4 Å². The van der Waals surface area contributed by atoms with Gasteiger partial charge in [-0.3, -0.25) is 12.9 Å². The number of carbonyl (C=O) groups is 1. The summed E-state index contributed by atoms with van der Waals surface area (Å²) in [5.74, 6) is -0.0571. The molecule has 1 unspecified atom stereocenters. The van der Waals surface area contributed by atoms with E-state index in [4.69, 9.17) is 34.8 Å². The average Bonchev–Trinajstić information content (AvgIpc) is 2.86. The summed E-state index contributed by atoms with van der Waals surface area (Å²) in [6.45, 7) is 7.29. The maximum absolute atomic E-state index is 15.0. The van der Waals surface area contributed by atoms with Gasteiger partial charge in [0, 0.05) is 25.2 Å². The highest BCUT2D eigenvalue weighted by atomic mass is 127. The van der Waals surface area contributed by atoms with Gasteiger partial charge < -0.3 is 4.90 Å². The van der Waals surface area contributed by atoms with Crippen molar-refractivity contribution in [2.75, 3.05) is 16.2 Å². The SMILES string of the molecule is C=CC(=O)N1CCC(CCC2=C(C)C=C3N=CC(Cl)=C(N(I)c4ccc(Cl)c(Cl)c4F)C3C2)CC1. The fourth-order valence-electron chi connectivity index (χ4n) is 4.94. The molecule has 1 aromatic carbocycles. The normalized spacial score (nSPS) is 20.7. The van der Waals surface area contributed by atoms with Crippen LogP contribution in [0.4, 0.5) is 10.1 Å². The number of nitrogens with zero attached hydrogens (tertiary/aromatic N) is 3. The number of piperidine rings is 1. The number of aliphatic imine (C=N–C) groups is 1. The fraction of sp³-hybridized carbons (Fsp3) is 0.385. The Kier molecular flexibility index (Phi) is 8.67. The summed E-state index contributed by atoms with van der Waals surface area (Å²) >= 11 is 20.8. The van der Waals surface area contributed by atoms with Gasteiger partial charge in [0.2, 0.25) is 5.91 Å². The molecule has 0 bridgehead atoms. The number of anilines is 1. The van der Waals surface area contributed by atoms with E-state index in [1.165, 1.54) is 17.2 Å². The minimum absolute atomic E-state index is 0.0164. The second kappa shape index (κ2) is 11.4. The standard InChI is InChI=1S/C26H26Cl3FIN3O/c1-3-23(35)33-10-8-16(9-11-33)4-5-17-13-18-21(12-15(17)2)32-14-20(28)26(18)34(31)22-7-6-19(27)24(29)25(22)30/h3,6-7,12,14,16,18H,1,4-5,8-11,13H2,2H3. The van der Waals surface area contributed by atoms with Gasteiger partial charge in [0.25, 0.3) is 0 Å². The first kappa shape index (κ1) is 26.7. The third-order valence-electron chi connectivity index (χ3n) is 7.02. The maximum Gasteiger partial charge on any atom is 0.245 e. The third kappa shape index (κ3) is 5.65. The highest BCUT2D eigenvalue weighted by molar-refractivity contribution is 14.1. The van der Waals surface area contributed by atoms with Gasteiger partial charge in [0.15, 0.2) is 5.82 Å². The van der Waals surface area contributed by atoms with Crippen molar-refractivity contribution in [3.8, 4) is 0 Å². The summed E-state index contributed by atoms with van der Waals surface area (Å²) in [4.78, 5) is 18.3. The molecule has 2 heterocycles. The topological polar surface area (TPSA) is 35.9 Å². The molecular weight excluding hydrogens is 623 g/mol. The average molecular weight is 649 g/mol. The molecule has 1 atom stereocenters. The first-order valence-corrected chi connectivity index (χ1v) is 13.7. The second-order valence-corrected chi connectivity index (χ2v) is 11.2. The minimum Gasteiger partial charge on any atom is -0.339 e. The number of dihydropyridines is 1. The van der Waals surface area contributed by atoms with Crippen LogP contribution in [0.1, 0.15) is 39.0 Å². The lowest BCUT2D eigenvalue weighted by Crippen LogP contribution is -2.37. The highest BCUT2D eigenvalue weighted by Gasteiger charge is 2.34. The monoisotopic (exact) mass is 647 g/mol. The smallest absolute Gasteiger partial charge is 0.245 e. The summed E-state index contributed by atoms with van der Waals surface area (Å²) in [7, 11) is 0. The van der Waals surface area contributed by atoms with Crippen LogP contribution in [0.2, 0.25) is 10.0 Å². The number of amides is 1. The molecule has 1 fully saturated rings. The van der Waals surface area contributed by atoms with Crippen LogP contribution < -0.4 is 3.11 Å². The van der Waals surface area contributed by atoms with Gasteiger partial charge in [-0.2, -0.15) is 0 Å². The zero-order valence-corrected chi connectivity index (χ0v) is 23.8. The van der Waals surface area contributed by atoms with Crippen LogP contribution in [-0.2, 0) is 4.79 Å². The van der Waals surface area contributed by atoms with Crippen LogP contribution >= 0.6 is 57.7 Å². The van der Waals surface area contributed by atoms with Crippen LogP contribution in [-0.4, -0.2) is 30.1 Å². The van der Waals surface area contributed by atoms with Gasteiger partial charge >= 0.3 is 0 Å². The lowest BCUT2D eigenvalue weighted by Gasteiger charge is -2.35. The molecule has 9 heteroatoms. The molecule has 1 aliphatic carbocycles. The van der Waals surface area contributed by atoms with Crippen molar-refractivity contribution in [2.45, 2.75) is 39.0 Å². The molecule has 0 spiro atoms. The number of hydrogen-bond donors (Lipinski definition) is 0. The Morgan fingerprint density at radius 2 is 2.03 bits per heavy atom. The number of fused-ring (bicyclic) bond motifs is 1. The summed E-state index contributed by atoms with van der Waals surface area (Å²) in [5.41, 5.74) is 4.60. The van der Waals surface area contributed by atoms with E-state index >= 15 is 0 Å². The van der Waals surface area contributed by atoms with E-state index in [1.54, 1.807) is 21.5 Å². The molecule has 0 saturated carbocycles. The first-order valence-electron chi connectivity index (χ1n) is 11.6. The summed E-state index contributed by atoms with van der Waals surface area (Å²) in [6.07, 6.45) is 9.97. The van der Waals surface area contributed by atoms with E-state index in [2.05, 4.69) is 47.4 Å². The first-order chi connectivity index (χ1) is 16.7. The quantitative estimate of drug-likeness (QED) is 0.135. The predicted molar refractivity (Wildman–Crippen MR) is 152 cm³/mol. The van der Waals surface area contributed by atoms with Gasteiger partial charge in [-0.1, -0.05) is 52.5 Å². The third-order valence-corrected chi connectivity index (χ3v) is 9.14. The zero-order valence-electron chi connectivity index (χ0n) is 19.3. The molecule has 0 radical (unpaired) electrons. The predicted octanol–water partition coefficient (Wildman–Crippen LogP) is 8.25. The molecular formula is C26H26Cl3FIN3O. The van der Waals surface area contributed by atoms with Gasteiger partial charge in [-0.25, -0.2) is 4.39 Å². The number of carbonyl (C=O) groups excluding carboxylic acids is 1. The highest BCUT2D eigenvalue weighted by Crippen LogP contribution is 2.46. The molecule has 0 N–H and O–H groups in total. The van der Waals surface area contributed by atoms with Crippen LogP contribution in [0.5, 0.6) is 0 Å². The molecule has 1 saturated heterocycles. The van der Waals surface area contributed by atoms with Crippen molar-refractivity contribution in [3.63, 3.8) is 0 Å². The van der Waals surface area contributed by atoms with E-state index < -0.39 is 5.82 Å². The van der Waals surface area contributed by atoms with Crippen molar-refractivity contribution in [3.05, 3.63) is 74.3 Å². The van der Waals surface area contributed by atoms with E-state index in [9.17, 15) is 9.18 Å². The minimum atomic E-state index is -0.581. The second-order valence-electron chi connectivity index (χ2n) is 9.09. The van der Waals surface area contributed by atoms with Crippen LogP contribution in [0.25, 0.3) is 0 Å². The molecule has 4 rings (SSSR count). The molecule has 1 aromatic rings. The molecule has 0 aromatic heterocycles. The Bertz CT molecular complexity index is 1170. The van der Waals surface area contributed by atoms with Crippen molar-refractivity contribution < 1.29 is 9.18 Å². The molecule has 4 nitrogen and oxygen atoms in total.